The van der Waals surface area contributed by atoms with Crippen LogP contribution < -0.4 is 10.6 Å². The molecule has 0 saturated heterocycles. The number of pyridine rings is 1. The van der Waals surface area contributed by atoms with Crippen LogP contribution in [0.15, 0.2) is 36.4 Å². The van der Waals surface area contributed by atoms with Gasteiger partial charge < -0.3 is 10.6 Å². The smallest absolute Gasteiger partial charge is 0.149 e. The third kappa shape index (κ3) is 2.90. The Kier molecular flexibility index (Phi) is 3.54. The van der Waals surface area contributed by atoms with Crippen molar-refractivity contribution < 1.29 is 4.39 Å². The fourth-order valence-corrected chi connectivity index (χ4v) is 2.15. The van der Waals surface area contributed by atoms with Gasteiger partial charge in [0.2, 0.25) is 0 Å². The van der Waals surface area contributed by atoms with E-state index < -0.39 is 0 Å². The quantitative estimate of drug-likeness (QED) is 0.869. The fraction of sp³-hybridized carbons (Fsp3) is 0.312. The molecule has 2 aromatic rings. The number of hydrogen-bond donors (Lipinski definition) is 2. The van der Waals surface area contributed by atoms with Crippen molar-refractivity contribution in [1.29, 1.82) is 0 Å². The monoisotopic (exact) mass is 271 g/mol. The van der Waals surface area contributed by atoms with Crippen LogP contribution >= 0.6 is 0 Å². The summed E-state index contributed by atoms with van der Waals surface area (Å²) in [6.07, 6.45) is 2.64. The molecule has 1 aromatic carbocycles. The summed E-state index contributed by atoms with van der Waals surface area (Å²) in [5, 5.41) is 6.54. The number of benzene rings is 1. The zero-order valence-electron chi connectivity index (χ0n) is 11.5. The summed E-state index contributed by atoms with van der Waals surface area (Å²) in [5.74, 6) is 1.41. The SMILES string of the molecule is CNc1nc(-c2ccc(F)cc2)ccc1NCC1CC1. The number of rotatable bonds is 5. The second-order valence-electron chi connectivity index (χ2n) is 5.17. The van der Waals surface area contributed by atoms with Crippen LogP contribution in [-0.2, 0) is 0 Å². The maximum atomic E-state index is 13.0. The maximum Gasteiger partial charge on any atom is 0.149 e. The minimum Gasteiger partial charge on any atom is -0.382 e. The molecule has 104 valence electrons. The van der Waals surface area contributed by atoms with Crippen molar-refractivity contribution in [2.45, 2.75) is 12.8 Å². The molecule has 0 atom stereocenters. The Bertz CT molecular complexity index is 591. The molecular weight excluding hydrogens is 253 g/mol. The summed E-state index contributed by atoms with van der Waals surface area (Å²) in [5.41, 5.74) is 2.77. The molecule has 4 heteroatoms. The highest BCUT2D eigenvalue weighted by molar-refractivity contribution is 5.70. The molecule has 1 aromatic heterocycles. The van der Waals surface area contributed by atoms with E-state index in [2.05, 4.69) is 15.6 Å². The van der Waals surface area contributed by atoms with E-state index in [0.717, 1.165) is 35.2 Å². The Balaban J connectivity index is 1.83. The normalized spacial score (nSPS) is 14.1. The summed E-state index contributed by atoms with van der Waals surface area (Å²) in [7, 11) is 1.86. The second-order valence-corrected chi connectivity index (χ2v) is 5.17. The lowest BCUT2D eigenvalue weighted by Crippen LogP contribution is -2.07. The molecule has 0 unspecified atom stereocenters. The highest BCUT2D eigenvalue weighted by Crippen LogP contribution is 2.31. The summed E-state index contributed by atoms with van der Waals surface area (Å²) in [6, 6.07) is 10.4. The van der Waals surface area contributed by atoms with Gasteiger partial charge in [-0.1, -0.05) is 0 Å². The molecule has 1 aliphatic rings. The van der Waals surface area contributed by atoms with E-state index in [0.29, 0.717) is 0 Å². The van der Waals surface area contributed by atoms with E-state index in [9.17, 15) is 4.39 Å². The largest absolute Gasteiger partial charge is 0.382 e. The number of hydrogen-bond acceptors (Lipinski definition) is 3. The van der Waals surface area contributed by atoms with Crippen LogP contribution in [0.5, 0.6) is 0 Å². The van der Waals surface area contributed by atoms with E-state index in [1.54, 1.807) is 12.1 Å². The first kappa shape index (κ1) is 12.9. The minimum atomic E-state index is -0.231. The summed E-state index contributed by atoms with van der Waals surface area (Å²) in [4.78, 5) is 4.59. The van der Waals surface area contributed by atoms with Crippen LogP contribution in [0.4, 0.5) is 15.9 Å². The van der Waals surface area contributed by atoms with Crippen molar-refractivity contribution in [3.63, 3.8) is 0 Å². The summed E-state index contributed by atoms with van der Waals surface area (Å²) in [6.45, 7) is 1.01. The molecule has 3 rings (SSSR count). The molecule has 0 radical (unpaired) electrons. The van der Waals surface area contributed by atoms with Gasteiger partial charge in [0.1, 0.15) is 11.6 Å². The third-order valence-electron chi connectivity index (χ3n) is 3.55. The van der Waals surface area contributed by atoms with Crippen molar-refractivity contribution in [2.24, 2.45) is 5.92 Å². The molecule has 0 bridgehead atoms. The van der Waals surface area contributed by atoms with Crippen LogP contribution in [0.25, 0.3) is 11.3 Å². The van der Waals surface area contributed by atoms with Gasteiger partial charge >= 0.3 is 0 Å². The van der Waals surface area contributed by atoms with Gasteiger partial charge in [-0.15, -0.1) is 0 Å². The van der Waals surface area contributed by atoms with E-state index in [4.69, 9.17) is 0 Å². The number of nitrogens with one attached hydrogen (secondary N) is 2. The van der Waals surface area contributed by atoms with Crippen molar-refractivity contribution in [2.75, 3.05) is 24.2 Å². The van der Waals surface area contributed by atoms with Gasteiger partial charge in [0, 0.05) is 19.2 Å². The Labute approximate surface area is 118 Å². The molecule has 1 fully saturated rings. The number of anilines is 2. The van der Waals surface area contributed by atoms with Gasteiger partial charge in [0.15, 0.2) is 0 Å². The second kappa shape index (κ2) is 5.49. The molecule has 20 heavy (non-hydrogen) atoms. The molecule has 3 nitrogen and oxygen atoms in total. The van der Waals surface area contributed by atoms with Crippen molar-refractivity contribution >= 4 is 11.5 Å². The van der Waals surface area contributed by atoms with Gasteiger partial charge in [-0.05, 0) is 55.2 Å². The number of halogens is 1. The molecule has 1 aliphatic carbocycles. The highest BCUT2D eigenvalue weighted by Gasteiger charge is 2.21. The lowest BCUT2D eigenvalue weighted by molar-refractivity contribution is 0.628. The summed E-state index contributed by atoms with van der Waals surface area (Å²) < 4.78 is 13.0. The van der Waals surface area contributed by atoms with E-state index >= 15 is 0 Å². The van der Waals surface area contributed by atoms with Gasteiger partial charge in [-0.3, -0.25) is 0 Å². The van der Waals surface area contributed by atoms with Crippen LogP contribution in [0.3, 0.4) is 0 Å². The minimum absolute atomic E-state index is 0.231. The average Bonchev–Trinajstić information content (AvgIpc) is 3.30. The van der Waals surface area contributed by atoms with Crippen molar-refractivity contribution in [3.05, 3.63) is 42.2 Å². The summed E-state index contributed by atoms with van der Waals surface area (Å²) >= 11 is 0. The molecule has 1 saturated carbocycles. The van der Waals surface area contributed by atoms with Crippen molar-refractivity contribution in [1.82, 2.24) is 4.98 Å². The Morgan fingerprint density at radius 1 is 1.15 bits per heavy atom. The van der Waals surface area contributed by atoms with Gasteiger partial charge in [-0.2, -0.15) is 0 Å². The predicted octanol–water partition coefficient (Wildman–Crippen LogP) is 3.75. The molecule has 0 amide bonds. The number of nitrogens with zero attached hydrogens (tertiary/aromatic N) is 1. The zero-order chi connectivity index (χ0) is 13.9. The van der Waals surface area contributed by atoms with E-state index in [1.807, 2.05) is 19.2 Å². The lowest BCUT2D eigenvalue weighted by atomic mass is 10.1. The Hall–Kier alpha value is -2.10. The molecule has 0 spiro atoms. The van der Waals surface area contributed by atoms with Gasteiger partial charge in [0.25, 0.3) is 0 Å². The first-order chi connectivity index (χ1) is 9.76. The predicted molar refractivity (Wildman–Crippen MR) is 80.4 cm³/mol. The Morgan fingerprint density at radius 3 is 2.55 bits per heavy atom. The topological polar surface area (TPSA) is 37.0 Å². The fourth-order valence-electron chi connectivity index (χ4n) is 2.15. The molecule has 0 aliphatic heterocycles. The van der Waals surface area contributed by atoms with E-state index in [-0.39, 0.29) is 5.82 Å². The molecule has 2 N–H and O–H groups in total. The highest BCUT2D eigenvalue weighted by atomic mass is 19.1. The van der Waals surface area contributed by atoms with Crippen LogP contribution in [0.2, 0.25) is 0 Å². The van der Waals surface area contributed by atoms with Crippen LogP contribution in [0, 0.1) is 11.7 Å². The molecular formula is C16H18FN3. The first-order valence-electron chi connectivity index (χ1n) is 6.95. The Morgan fingerprint density at radius 2 is 1.90 bits per heavy atom. The average molecular weight is 271 g/mol. The van der Waals surface area contributed by atoms with Gasteiger partial charge in [0.05, 0.1) is 11.4 Å². The maximum absolute atomic E-state index is 13.0. The zero-order valence-corrected chi connectivity index (χ0v) is 11.5. The number of aromatic nitrogens is 1. The third-order valence-corrected chi connectivity index (χ3v) is 3.55. The lowest BCUT2D eigenvalue weighted by Gasteiger charge is -2.12. The van der Waals surface area contributed by atoms with Crippen molar-refractivity contribution in [3.8, 4) is 11.3 Å². The van der Waals surface area contributed by atoms with E-state index in [1.165, 1.54) is 25.0 Å². The standard InChI is InChI=1S/C16H18FN3/c1-18-16-15(19-10-11-2-3-11)9-8-14(20-16)12-4-6-13(17)7-5-12/h4-9,11,19H,2-3,10H2,1H3,(H,18,20). The van der Waals surface area contributed by atoms with Crippen LogP contribution in [0.1, 0.15) is 12.8 Å². The van der Waals surface area contributed by atoms with Crippen LogP contribution in [-0.4, -0.2) is 18.6 Å². The van der Waals surface area contributed by atoms with Gasteiger partial charge in [-0.25, -0.2) is 9.37 Å². The first-order valence-corrected chi connectivity index (χ1v) is 6.95. The molecule has 1 heterocycles.